The molecule has 36 heavy (non-hydrogen) atoms. The third kappa shape index (κ3) is 4.13. The maximum atomic E-state index is 11.7. The van der Waals surface area contributed by atoms with Gasteiger partial charge in [0.25, 0.3) is 0 Å². The summed E-state index contributed by atoms with van der Waals surface area (Å²) in [4.78, 5) is 29.0. The quantitative estimate of drug-likeness (QED) is 0.464. The van der Waals surface area contributed by atoms with Crippen LogP contribution in [0.25, 0.3) is 22.8 Å². The van der Waals surface area contributed by atoms with E-state index in [-0.39, 0.29) is 17.5 Å². The highest BCUT2D eigenvalue weighted by Crippen LogP contribution is 2.46. The zero-order chi connectivity index (χ0) is 24.9. The van der Waals surface area contributed by atoms with Gasteiger partial charge in [-0.05, 0) is 69.6 Å². The van der Waals surface area contributed by atoms with E-state index in [1.165, 1.54) is 44.9 Å². The Bertz CT molecular complexity index is 1270. The fourth-order valence-electron chi connectivity index (χ4n) is 6.15. The van der Waals surface area contributed by atoms with Crippen LogP contribution in [0.5, 0.6) is 0 Å². The Balaban J connectivity index is 1.49. The van der Waals surface area contributed by atoms with Crippen molar-refractivity contribution in [3.63, 3.8) is 0 Å². The van der Waals surface area contributed by atoms with E-state index in [0.29, 0.717) is 23.3 Å². The van der Waals surface area contributed by atoms with Crippen LogP contribution in [0.1, 0.15) is 83.9 Å². The van der Waals surface area contributed by atoms with Crippen molar-refractivity contribution in [2.24, 2.45) is 17.8 Å². The topological polar surface area (TPSA) is 124 Å². The van der Waals surface area contributed by atoms with E-state index in [4.69, 9.17) is 24.2 Å². The number of hydrogen-bond donors (Lipinski definition) is 2. The van der Waals surface area contributed by atoms with Crippen molar-refractivity contribution in [3.8, 4) is 11.6 Å². The Labute approximate surface area is 210 Å². The smallest absolute Gasteiger partial charge is 0.370 e. The molecule has 0 saturated heterocycles. The molecule has 3 aromatic rings. The van der Waals surface area contributed by atoms with Gasteiger partial charge in [-0.15, -0.1) is 0 Å². The SMILES string of the molecule is COC1(c2nc3nc(-c4noc(=O)[nH]4)nc(N[C@H](C)C4CCC4)c3n2C[C@H]2CC[C@H](C)CC2)CCC1. The molecule has 10 nitrogen and oxygen atoms in total. The fourth-order valence-corrected chi connectivity index (χ4v) is 6.15. The van der Waals surface area contributed by atoms with Crippen LogP contribution in [-0.4, -0.2) is 42.8 Å². The fraction of sp³-hybridized carbons (Fsp3) is 0.731. The summed E-state index contributed by atoms with van der Waals surface area (Å²) >= 11 is 0. The van der Waals surface area contributed by atoms with Crippen LogP contribution in [0, 0.1) is 17.8 Å². The summed E-state index contributed by atoms with van der Waals surface area (Å²) in [6, 6.07) is 0.267. The number of aromatic nitrogens is 6. The summed E-state index contributed by atoms with van der Waals surface area (Å²) in [5.41, 5.74) is 1.14. The normalized spacial score (nSPS) is 24.9. The van der Waals surface area contributed by atoms with Gasteiger partial charge in [-0.2, -0.15) is 0 Å². The first kappa shape index (κ1) is 23.6. The average molecular weight is 496 g/mol. The summed E-state index contributed by atoms with van der Waals surface area (Å²) in [5.74, 6) is 3.59. The van der Waals surface area contributed by atoms with Crippen LogP contribution in [0.4, 0.5) is 5.82 Å². The lowest BCUT2D eigenvalue weighted by molar-refractivity contribution is -0.0870. The molecule has 3 fully saturated rings. The molecule has 0 radical (unpaired) electrons. The standard InChI is InChI=1S/C26H37N7O3/c1-15-8-10-17(11-9-15)14-33-19-20(27-16(2)18-6-4-7-18)28-22(23-31-25(34)36-32-23)29-21(19)30-24(33)26(35-3)12-5-13-26/h15-18H,4-14H2,1-3H3,(H,27,28,29)(H,31,32,34)/t15-,16-,17-/m1/s1. The number of anilines is 1. The molecule has 3 heterocycles. The van der Waals surface area contributed by atoms with Crippen molar-refractivity contribution >= 4 is 17.0 Å². The van der Waals surface area contributed by atoms with Crippen molar-refractivity contribution in [2.45, 2.75) is 96.2 Å². The monoisotopic (exact) mass is 495 g/mol. The Morgan fingerprint density at radius 1 is 1.14 bits per heavy atom. The molecule has 0 aliphatic heterocycles. The minimum Gasteiger partial charge on any atom is -0.370 e. The van der Waals surface area contributed by atoms with Gasteiger partial charge in [-0.3, -0.25) is 9.51 Å². The van der Waals surface area contributed by atoms with E-state index in [0.717, 1.165) is 48.9 Å². The van der Waals surface area contributed by atoms with Crippen LogP contribution < -0.4 is 11.1 Å². The molecule has 3 saturated carbocycles. The minimum absolute atomic E-state index is 0.212. The molecule has 0 amide bonds. The van der Waals surface area contributed by atoms with Gasteiger partial charge < -0.3 is 14.6 Å². The van der Waals surface area contributed by atoms with Gasteiger partial charge in [0.1, 0.15) is 16.9 Å². The molecule has 6 rings (SSSR count). The number of imidazole rings is 1. The van der Waals surface area contributed by atoms with Gasteiger partial charge in [-0.25, -0.2) is 19.7 Å². The summed E-state index contributed by atoms with van der Waals surface area (Å²) in [5, 5.41) is 7.55. The molecule has 3 aliphatic rings. The summed E-state index contributed by atoms with van der Waals surface area (Å²) in [6.07, 6.45) is 11.7. The van der Waals surface area contributed by atoms with E-state index in [1.807, 2.05) is 0 Å². The largest absolute Gasteiger partial charge is 0.439 e. The van der Waals surface area contributed by atoms with E-state index in [1.54, 1.807) is 7.11 Å². The number of hydrogen-bond acceptors (Lipinski definition) is 8. The van der Waals surface area contributed by atoms with Gasteiger partial charge in [-0.1, -0.05) is 31.3 Å². The number of rotatable bonds is 8. The van der Waals surface area contributed by atoms with Crippen LogP contribution in [0.15, 0.2) is 9.32 Å². The summed E-state index contributed by atoms with van der Waals surface area (Å²) < 4.78 is 13.2. The van der Waals surface area contributed by atoms with Crippen LogP contribution in [-0.2, 0) is 16.9 Å². The number of methoxy groups -OCH3 is 1. The molecule has 0 aromatic carbocycles. The minimum atomic E-state index is -0.628. The first-order valence-electron chi connectivity index (χ1n) is 13.6. The Hall–Kier alpha value is -2.75. The Kier molecular flexibility index (Phi) is 6.09. The van der Waals surface area contributed by atoms with Crippen LogP contribution >= 0.6 is 0 Å². The number of fused-ring (bicyclic) bond motifs is 1. The van der Waals surface area contributed by atoms with Crippen molar-refractivity contribution in [3.05, 3.63) is 16.4 Å². The zero-order valence-electron chi connectivity index (χ0n) is 21.5. The van der Waals surface area contributed by atoms with Crippen LogP contribution in [0.3, 0.4) is 0 Å². The number of nitrogens with zero attached hydrogens (tertiary/aromatic N) is 5. The molecule has 3 aliphatic carbocycles. The van der Waals surface area contributed by atoms with Crippen LogP contribution in [0.2, 0.25) is 0 Å². The maximum Gasteiger partial charge on any atom is 0.439 e. The van der Waals surface area contributed by atoms with Crippen molar-refractivity contribution in [2.75, 3.05) is 12.4 Å². The number of nitrogens with one attached hydrogen (secondary N) is 2. The third-order valence-corrected chi connectivity index (χ3v) is 9.01. The predicted molar refractivity (Wildman–Crippen MR) is 136 cm³/mol. The van der Waals surface area contributed by atoms with Gasteiger partial charge in [0.05, 0.1) is 0 Å². The lowest BCUT2D eigenvalue weighted by Crippen LogP contribution is -2.39. The predicted octanol–water partition coefficient (Wildman–Crippen LogP) is 4.62. The van der Waals surface area contributed by atoms with Gasteiger partial charge in [0.2, 0.25) is 11.6 Å². The maximum absolute atomic E-state index is 11.7. The van der Waals surface area contributed by atoms with E-state index in [9.17, 15) is 4.79 Å². The third-order valence-electron chi connectivity index (χ3n) is 9.01. The highest BCUT2D eigenvalue weighted by Gasteiger charge is 2.44. The average Bonchev–Trinajstić information content (AvgIpc) is 3.38. The molecule has 0 unspecified atom stereocenters. The van der Waals surface area contributed by atoms with Gasteiger partial charge in [0.15, 0.2) is 11.5 Å². The van der Waals surface area contributed by atoms with Gasteiger partial charge >= 0.3 is 5.76 Å². The van der Waals surface area contributed by atoms with Crippen molar-refractivity contribution in [1.82, 2.24) is 29.7 Å². The highest BCUT2D eigenvalue weighted by molar-refractivity contribution is 5.86. The summed E-state index contributed by atoms with van der Waals surface area (Å²) in [7, 11) is 1.79. The Morgan fingerprint density at radius 2 is 1.92 bits per heavy atom. The summed E-state index contributed by atoms with van der Waals surface area (Å²) in [6.45, 7) is 5.47. The zero-order valence-corrected chi connectivity index (χ0v) is 21.5. The lowest BCUT2D eigenvalue weighted by Gasteiger charge is -2.40. The first-order valence-corrected chi connectivity index (χ1v) is 13.6. The second-order valence-corrected chi connectivity index (χ2v) is 11.4. The van der Waals surface area contributed by atoms with Gasteiger partial charge in [0, 0.05) is 19.7 Å². The lowest BCUT2D eigenvalue weighted by atomic mass is 9.78. The first-order chi connectivity index (χ1) is 17.5. The molecule has 0 spiro atoms. The van der Waals surface area contributed by atoms with Crippen molar-refractivity contribution < 1.29 is 9.26 Å². The number of H-pyrrole nitrogens is 1. The molecule has 1 atom stereocenters. The van der Waals surface area contributed by atoms with E-state index >= 15 is 0 Å². The molecule has 194 valence electrons. The molecular formula is C26H37N7O3. The molecule has 2 N–H and O–H groups in total. The second kappa shape index (κ2) is 9.28. The molecule has 10 heteroatoms. The second-order valence-electron chi connectivity index (χ2n) is 11.4. The van der Waals surface area contributed by atoms with Crippen molar-refractivity contribution in [1.29, 1.82) is 0 Å². The van der Waals surface area contributed by atoms with E-state index in [2.05, 4.69) is 33.9 Å². The molecule has 3 aromatic heterocycles. The van der Waals surface area contributed by atoms with E-state index < -0.39 is 5.76 Å². The number of aromatic amines is 1. The Morgan fingerprint density at radius 3 is 2.50 bits per heavy atom. The molecule has 0 bridgehead atoms. The highest BCUT2D eigenvalue weighted by atomic mass is 16.5. The number of ether oxygens (including phenoxy) is 1. The molecular weight excluding hydrogens is 458 g/mol.